The molecule has 0 fully saturated rings. The number of hydrogen-bond donors (Lipinski definition) is 1. The van der Waals surface area contributed by atoms with Crippen molar-refractivity contribution >= 4 is 29.0 Å². The lowest BCUT2D eigenvalue weighted by Crippen LogP contribution is -2.40. The van der Waals surface area contributed by atoms with E-state index in [1.54, 1.807) is 60.7 Å². The lowest BCUT2D eigenvalue weighted by atomic mass is 10.0. The predicted molar refractivity (Wildman–Crippen MR) is 106 cm³/mol. The summed E-state index contributed by atoms with van der Waals surface area (Å²) in [7, 11) is 0. The Kier molecular flexibility index (Phi) is 5.00. The van der Waals surface area contributed by atoms with Crippen LogP contribution >= 0.6 is 11.6 Å². The first-order valence-corrected chi connectivity index (χ1v) is 9.08. The number of rotatable bonds is 4. The zero-order chi connectivity index (χ0) is 19.5. The number of halogens is 1. The summed E-state index contributed by atoms with van der Waals surface area (Å²) in [6.07, 6.45) is -0.828. The second kappa shape index (κ2) is 7.74. The van der Waals surface area contributed by atoms with Gasteiger partial charge in [-0.15, -0.1) is 0 Å². The number of anilines is 1. The summed E-state index contributed by atoms with van der Waals surface area (Å²) in [4.78, 5) is 25.6. The van der Waals surface area contributed by atoms with Gasteiger partial charge in [-0.05, 0) is 30.3 Å². The van der Waals surface area contributed by atoms with Crippen molar-refractivity contribution in [3.05, 3.63) is 88.9 Å². The summed E-state index contributed by atoms with van der Waals surface area (Å²) in [6.45, 7) is 0.0817. The van der Waals surface area contributed by atoms with Crippen molar-refractivity contribution in [3.63, 3.8) is 0 Å². The zero-order valence-electron chi connectivity index (χ0n) is 14.7. The van der Waals surface area contributed by atoms with Crippen LogP contribution < -0.4 is 14.8 Å². The second-order valence-electron chi connectivity index (χ2n) is 6.24. The molecule has 0 radical (unpaired) electrons. The van der Waals surface area contributed by atoms with E-state index in [0.29, 0.717) is 33.3 Å². The smallest absolute Gasteiger partial charge is 0.269 e. The van der Waals surface area contributed by atoms with Crippen LogP contribution in [0, 0.1) is 0 Å². The molecule has 0 aliphatic carbocycles. The van der Waals surface area contributed by atoms with E-state index in [1.807, 2.05) is 12.1 Å². The Morgan fingerprint density at radius 3 is 2.43 bits per heavy atom. The largest absolute Gasteiger partial charge is 0.485 e. The SMILES string of the molecule is O=C(c1ccccc1)c1cc(Cl)ccc1NC(=O)[C@@H]1COc2ccccc2O1. The normalized spacial score (nSPS) is 15.0. The lowest BCUT2D eigenvalue weighted by molar-refractivity contribution is -0.125. The van der Waals surface area contributed by atoms with Crippen LogP contribution in [0.5, 0.6) is 11.5 Å². The average Bonchev–Trinajstić information content (AvgIpc) is 2.74. The maximum absolute atomic E-state index is 12.9. The first kappa shape index (κ1) is 18.1. The van der Waals surface area contributed by atoms with Crippen molar-refractivity contribution in [2.24, 2.45) is 0 Å². The van der Waals surface area contributed by atoms with Gasteiger partial charge < -0.3 is 14.8 Å². The minimum atomic E-state index is -0.828. The molecule has 3 aromatic carbocycles. The molecule has 1 atom stereocenters. The molecule has 28 heavy (non-hydrogen) atoms. The molecule has 5 nitrogen and oxygen atoms in total. The molecule has 1 heterocycles. The molecule has 4 rings (SSSR count). The summed E-state index contributed by atoms with van der Waals surface area (Å²) in [5, 5.41) is 3.17. The highest BCUT2D eigenvalue weighted by molar-refractivity contribution is 6.31. The van der Waals surface area contributed by atoms with Crippen molar-refractivity contribution in [1.29, 1.82) is 0 Å². The lowest BCUT2D eigenvalue weighted by Gasteiger charge is -2.25. The number of ketones is 1. The molecule has 1 amide bonds. The van der Waals surface area contributed by atoms with E-state index in [9.17, 15) is 9.59 Å². The van der Waals surface area contributed by atoms with Gasteiger partial charge in [-0.2, -0.15) is 0 Å². The fraction of sp³-hybridized carbons (Fsp3) is 0.0909. The number of nitrogens with one attached hydrogen (secondary N) is 1. The first-order valence-electron chi connectivity index (χ1n) is 8.70. The molecule has 1 aliphatic rings. The summed E-state index contributed by atoms with van der Waals surface area (Å²) < 4.78 is 11.3. The van der Waals surface area contributed by atoms with E-state index in [4.69, 9.17) is 21.1 Å². The molecule has 140 valence electrons. The van der Waals surface area contributed by atoms with Crippen molar-refractivity contribution in [1.82, 2.24) is 0 Å². The molecule has 3 aromatic rings. The fourth-order valence-electron chi connectivity index (χ4n) is 2.92. The van der Waals surface area contributed by atoms with Gasteiger partial charge in [0.05, 0.1) is 5.69 Å². The van der Waals surface area contributed by atoms with Crippen LogP contribution in [0.3, 0.4) is 0 Å². The minimum absolute atomic E-state index is 0.0817. The number of fused-ring (bicyclic) bond motifs is 1. The van der Waals surface area contributed by atoms with E-state index in [0.717, 1.165) is 0 Å². The highest BCUT2D eigenvalue weighted by Crippen LogP contribution is 2.31. The van der Waals surface area contributed by atoms with E-state index >= 15 is 0 Å². The van der Waals surface area contributed by atoms with Crippen molar-refractivity contribution in [2.75, 3.05) is 11.9 Å². The summed E-state index contributed by atoms with van der Waals surface area (Å²) in [5.41, 5.74) is 1.18. The number of hydrogen-bond acceptors (Lipinski definition) is 4. The third-order valence-corrected chi connectivity index (χ3v) is 4.56. The third kappa shape index (κ3) is 3.70. The topological polar surface area (TPSA) is 64.6 Å². The van der Waals surface area contributed by atoms with E-state index in [-0.39, 0.29) is 12.4 Å². The van der Waals surface area contributed by atoms with Crippen LogP contribution in [0.15, 0.2) is 72.8 Å². The molecule has 0 saturated carbocycles. The monoisotopic (exact) mass is 393 g/mol. The number of amides is 1. The highest BCUT2D eigenvalue weighted by Gasteiger charge is 2.28. The molecule has 6 heteroatoms. The molecule has 0 unspecified atom stereocenters. The van der Waals surface area contributed by atoms with Gasteiger partial charge in [0.15, 0.2) is 17.3 Å². The Bertz CT molecular complexity index is 1040. The number of carbonyl (C=O) groups excluding carboxylic acids is 2. The van der Waals surface area contributed by atoms with Crippen molar-refractivity contribution in [2.45, 2.75) is 6.10 Å². The minimum Gasteiger partial charge on any atom is -0.485 e. The van der Waals surface area contributed by atoms with Crippen LogP contribution in [0.25, 0.3) is 0 Å². The van der Waals surface area contributed by atoms with Crippen LogP contribution in [0.4, 0.5) is 5.69 Å². The number of para-hydroxylation sites is 2. The maximum atomic E-state index is 12.9. The van der Waals surface area contributed by atoms with Gasteiger partial charge in [0.2, 0.25) is 6.10 Å². The van der Waals surface area contributed by atoms with Gasteiger partial charge >= 0.3 is 0 Å². The Morgan fingerprint density at radius 1 is 0.929 bits per heavy atom. The van der Waals surface area contributed by atoms with Crippen LogP contribution in [0.2, 0.25) is 5.02 Å². The van der Waals surface area contributed by atoms with E-state index in [1.165, 1.54) is 0 Å². The van der Waals surface area contributed by atoms with Crippen molar-refractivity contribution < 1.29 is 19.1 Å². The van der Waals surface area contributed by atoms with Gasteiger partial charge in [-0.3, -0.25) is 9.59 Å². The Hall–Kier alpha value is -3.31. The Labute approximate surface area is 166 Å². The number of carbonyl (C=O) groups is 2. The fourth-order valence-corrected chi connectivity index (χ4v) is 3.09. The van der Waals surface area contributed by atoms with Gasteiger partial charge in [-0.1, -0.05) is 54.1 Å². The number of benzene rings is 3. The van der Waals surface area contributed by atoms with Gasteiger partial charge in [0.25, 0.3) is 5.91 Å². The quantitative estimate of drug-likeness (QED) is 0.669. The van der Waals surface area contributed by atoms with Gasteiger partial charge in [0, 0.05) is 16.1 Å². The molecule has 0 bridgehead atoms. The molecule has 0 aromatic heterocycles. The van der Waals surface area contributed by atoms with Crippen LogP contribution in [-0.4, -0.2) is 24.4 Å². The Balaban J connectivity index is 1.57. The molecule has 1 N–H and O–H groups in total. The molecule has 1 aliphatic heterocycles. The average molecular weight is 394 g/mol. The van der Waals surface area contributed by atoms with E-state index < -0.39 is 12.0 Å². The summed E-state index contributed by atoms with van der Waals surface area (Å²) in [5.74, 6) is 0.465. The first-order chi connectivity index (χ1) is 13.6. The Morgan fingerprint density at radius 2 is 1.64 bits per heavy atom. The molecular formula is C22H16ClNO4. The molecular weight excluding hydrogens is 378 g/mol. The summed E-state index contributed by atoms with van der Waals surface area (Å²) >= 11 is 6.08. The predicted octanol–water partition coefficient (Wildman–Crippen LogP) is 4.35. The number of ether oxygens (including phenoxy) is 2. The third-order valence-electron chi connectivity index (χ3n) is 4.32. The zero-order valence-corrected chi connectivity index (χ0v) is 15.5. The maximum Gasteiger partial charge on any atom is 0.269 e. The van der Waals surface area contributed by atoms with Gasteiger partial charge in [0.1, 0.15) is 6.61 Å². The standard InChI is InChI=1S/C22H16ClNO4/c23-15-10-11-17(16(12-15)21(25)14-6-2-1-3-7-14)24-22(26)20-13-27-18-8-4-5-9-19(18)28-20/h1-12,20H,13H2,(H,24,26)/t20-/m0/s1. The highest BCUT2D eigenvalue weighted by atomic mass is 35.5. The summed E-state index contributed by atoms with van der Waals surface area (Å²) in [6, 6.07) is 20.7. The van der Waals surface area contributed by atoms with Crippen LogP contribution in [-0.2, 0) is 4.79 Å². The molecule has 0 saturated heterocycles. The van der Waals surface area contributed by atoms with Crippen LogP contribution in [0.1, 0.15) is 15.9 Å². The van der Waals surface area contributed by atoms with Crippen molar-refractivity contribution in [3.8, 4) is 11.5 Å². The van der Waals surface area contributed by atoms with E-state index in [2.05, 4.69) is 5.32 Å². The van der Waals surface area contributed by atoms with Gasteiger partial charge in [-0.25, -0.2) is 0 Å². The second-order valence-corrected chi connectivity index (χ2v) is 6.67. The molecule has 0 spiro atoms.